The van der Waals surface area contributed by atoms with Crippen LogP contribution >= 0.6 is 0 Å². The average molecular weight is 491 g/mol. The molecule has 176 valence electrons. The number of ether oxygens (including phenoxy) is 2. The Hall–Kier alpha value is -2.28. The Morgan fingerprint density at radius 1 is 0.750 bits per heavy atom. The van der Waals surface area contributed by atoms with Crippen LogP contribution in [0.15, 0.2) is 46.2 Å². The lowest BCUT2D eigenvalue weighted by Crippen LogP contribution is -2.53. The molecule has 3 rings (SSSR count). The molecule has 0 heterocycles. The molecule has 0 spiro atoms. The minimum atomic E-state index is -4.23. The normalized spacial score (nSPS) is 19.5. The first kappa shape index (κ1) is 24.4. The zero-order valence-electron chi connectivity index (χ0n) is 17.5. The van der Waals surface area contributed by atoms with E-state index in [2.05, 4.69) is 9.44 Å². The van der Waals surface area contributed by atoms with Crippen LogP contribution in [0.4, 0.5) is 8.78 Å². The fourth-order valence-corrected chi connectivity index (χ4v) is 6.64. The third-order valence-corrected chi connectivity index (χ3v) is 8.23. The molecule has 0 aliphatic heterocycles. The molecule has 2 aromatic rings. The third-order valence-electron chi connectivity index (χ3n) is 5.21. The second kappa shape index (κ2) is 9.69. The molecule has 1 fully saturated rings. The molecule has 0 unspecified atom stereocenters. The first-order valence-corrected chi connectivity index (χ1v) is 12.8. The van der Waals surface area contributed by atoms with E-state index < -0.39 is 43.8 Å². The highest BCUT2D eigenvalue weighted by Crippen LogP contribution is 2.29. The van der Waals surface area contributed by atoms with Crippen molar-refractivity contribution in [2.24, 2.45) is 0 Å². The van der Waals surface area contributed by atoms with Crippen molar-refractivity contribution >= 4 is 20.0 Å². The summed E-state index contributed by atoms with van der Waals surface area (Å²) in [6, 6.07) is 4.58. The summed E-state index contributed by atoms with van der Waals surface area (Å²) in [5.41, 5.74) is 0. The predicted octanol–water partition coefficient (Wildman–Crippen LogP) is 2.55. The molecule has 0 aromatic heterocycles. The summed E-state index contributed by atoms with van der Waals surface area (Å²) in [5, 5.41) is 0. The van der Waals surface area contributed by atoms with Crippen LogP contribution in [0.3, 0.4) is 0 Å². The van der Waals surface area contributed by atoms with Gasteiger partial charge in [0.05, 0.1) is 14.2 Å². The second-order valence-corrected chi connectivity index (χ2v) is 10.7. The van der Waals surface area contributed by atoms with E-state index in [1.165, 1.54) is 26.4 Å². The van der Waals surface area contributed by atoms with Crippen LogP contribution < -0.4 is 18.9 Å². The van der Waals surface area contributed by atoms with E-state index in [-0.39, 0.29) is 21.3 Å². The van der Waals surface area contributed by atoms with Crippen molar-refractivity contribution in [3.63, 3.8) is 0 Å². The lowest BCUT2D eigenvalue weighted by atomic mass is 9.92. The van der Waals surface area contributed by atoms with Crippen LogP contribution in [0, 0.1) is 11.6 Å². The highest BCUT2D eigenvalue weighted by Gasteiger charge is 2.34. The molecule has 1 aliphatic rings. The summed E-state index contributed by atoms with van der Waals surface area (Å²) in [7, 11) is -5.94. The lowest BCUT2D eigenvalue weighted by Gasteiger charge is -2.32. The fourth-order valence-electron chi connectivity index (χ4n) is 3.66. The monoisotopic (exact) mass is 490 g/mol. The molecule has 0 saturated heterocycles. The number of halogens is 2. The smallest absolute Gasteiger partial charge is 0.244 e. The molecule has 2 aromatic carbocycles. The summed E-state index contributed by atoms with van der Waals surface area (Å²) >= 11 is 0. The van der Waals surface area contributed by atoms with Crippen molar-refractivity contribution in [3.05, 3.63) is 48.0 Å². The first-order chi connectivity index (χ1) is 15.1. The highest BCUT2D eigenvalue weighted by molar-refractivity contribution is 7.90. The van der Waals surface area contributed by atoms with Crippen LogP contribution in [-0.4, -0.2) is 43.1 Å². The van der Waals surface area contributed by atoms with Gasteiger partial charge in [-0.3, -0.25) is 0 Å². The van der Waals surface area contributed by atoms with Crippen LogP contribution in [0.25, 0.3) is 0 Å². The van der Waals surface area contributed by atoms with Gasteiger partial charge in [0.15, 0.2) is 0 Å². The van der Waals surface area contributed by atoms with Crippen LogP contribution in [0.2, 0.25) is 0 Å². The number of nitrogens with one attached hydrogen (secondary N) is 2. The van der Waals surface area contributed by atoms with Crippen molar-refractivity contribution in [3.8, 4) is 11.5 Å². The first-order valence-electron chi connectivity index (χ1n) is 9.79. The molecule has 8 nitrogen and oxygen atoms in total. The van der Waals surface area contributed by atoms with Crippen molar-refractivity contribution in [2.45, 2.75) is 47.6 Å². The summed E-state index contributed by atoms with van der Waals surface area (Å²) in [5.74, 6) is -1.61. The van der Waals surface area contributed by atoms with Gasteiger partial charge in [-0.2, -0.15) is 0 Å². The molecule has 1 aliphatic carbocycles. The number of hydrogen-bond donors (Lipinski definition) is 2. The Kier molecular flexibility index (Phi) is 7.38. The van der Waals surface area contributed by atoms with E-state index in [4.69, 9.17) is 9.47 Å². The molecule has 0 radical (unpaired) electrons. The molecule has 12 heteroatoms. The maximum Gasteiger partial charge on any atom is 0.244 e. The van der Waals surface area contributed by atoms with E-state index >= 15 is 0 Å². The topological polar surface area (TPSA) is 111 Å². The van der Waals surface area contributed by atoms with E-state index in [9.17, 15) is 25.6 Å². The molecule has 1 saturated carbocycles. The molecule has 32 heavy (non-hydrogen) atoms. The molecule has 0 amide bonds. The largest absolute Gasteiger partial charge is 0.495 e. The van der Waals surface area contributed by atoms with E-state index in [0.29, 0.717) is 25.7 Å². The van der Waals surface area contributed by atoms with Gasteiger partial charge in [-0.1, -0.05) is 12.8 Å². The Morgan fingerprint density at radius 2 is 1.12 bits per heavy atom. The Labute approximate surface area is 186 Å². The molecular weight excluding hydrogens is 466 g/mol. The van der Waals surface area contributed by atoms with Gasteiger partial charge in [-0.15, -0.1) is 0 Å². The van der Waals surface area contributed by atoms with Crippen LogP contribution in [0.1, 0.15) is 25.7 Å². The Balaban J connectivity index is 1.89. The molecular formula is C20H24F2N2O6S2. The number of benzene rings is 2. The molecule has 2 N–H and O–H groups in total. The highest BCUT2D eigenvalue weighted by atomic mass is 32.2. The summed E-state index contributed by atoms with van der Waals surface area (Å²) in [6.07, 6.45) is 2.03. The number of methoxy groups -OCH3 is 2. The minimum Gasteiger partial charge on any atom is -0.495 e. The maximum atomic E-state index is 13.7. The second-order valence-electron chi connectivity index (χ2n) is 7.33. The average Bonchev–Trinajstić information content (AvgIpc) is 2.74. The quantitative estimate of drug-likeness (QED) is 0.589. The third kappa shape index (κ3) is 5.37. The van der Waals surface area contributed by atoms with E-state index in [0.717, 1.165) is 24.3 Å². The summed E-state index contributed by atoms with van der Waals surface area (Å²) in [4.78, 5) is -0.780. The summed E-state index contributed by atoms with van der Waals surface area (Å²) < 4.78 is 94.2. The van der Waals surface area contributed by atoms with Gasteiger partial charge >= 0.3 is 0 Å². The SMILES string of the molecule is COc1ccc(F)cc1S(=O)(=O)N[C@H]1CCCC[C@@H]1NS(=O)(=O)c1cc(F)ccc1OC. The zero-order chi connectivity index (χ0) is 23.5. The van der Waals surface area contributed by atoms with Crippen LogP contribution in [-0.2, 0) is 20.0 Å². The standard InChI is InChI=1S/C20H24F2N2O6S2/c1-29-17-9-7-13(21)11-19(17)31(25,26)23-15-5-3-4-6-16(15)24-32(27,28)20-12-14(22)8-10-18(20)30-2/h7-12,15-16,23-24H,3-6H2,1-2H3/t15-,16-/m0/s1. The number of rotatable bonds is 8. The predicted molar refractivity (Wildman–Crippen MR) is 113 cm³/mol. The van der Waals surface area contributed by atoms with Gasteiger partial charge in [0, 0.05) is 12.1 Å². The number of sulfonamides is 2. The fraction of sp³-hybridized carbons (Fsp3) is 0.400. The van der Waals surface area contributed by atoms with Gasteiger partial charge in [0.25, 0.3) is 0 Å². The van der Waals surface area contributed by atoms with Gasteiger partial charge in [0.2, 0.25) is 20.0 Å². The summed E-state index contributed by atoms with van der Waals surface area (Å²) in [6.45, 7) is 0. The zero-order valence-corrected chi connectivity index (χ0v) is 19.1. The van der Waals surface area contributed by atoms with Gasteiger partial charge in [-0.25, -0.2) is 35.1 Å². The van der Waals surface area contributed by atoms with Crippen molar-refractivity contribution in [1.82, 2.24) is 9.44 Å². The Bertz CT molecular complexity index is 1100. The lowest BCUT2D eigenvalue weighted by molar-refractivity contribution is 0.338. The van der Waals surface area contributed by atoms with Crippen molar-refractivity contribution < 1.29 is 35.1 Å². The molecule has 0 bridgehead atoms. The Morgan fingerprint density at radius 3 is 1.47 bits per heavy atom. The van der Waals surface area contributed by atoms with Gasteiger partial charge < -0.3 is 9.47 Å². The minimum absolute atomic E-state index is 0.0451. The molecule has 2 atom stereocenters. The number of hydrogen-bond acceptors (Lipinski definition) is 6. The van der Waals surface area contributed by atoms with E-state index in [1.54, 1.807) is 0 Å². The van der Waals surface area contributed by atoms with Crippen molar-refractivity contribution in [2.75, 3.05) is 14.2 Å². The van der Waals surface area contributed by atoms with Gasteiger partial charge in [-0.05, 0) is 49.2 Å². The van der Waals surface area contributed by atoms with Crippen LogP contribution in [0.5, 0.6) is 11.5 Å². The van der Waals surface area contributed by atoms with Gasteiger partial charge in [0.1, 0.15) is 32.9 Å². The van der Waals surface area contributed by atoms with Crippen molar-refractivity contribution in [1.29, 1.82) is 0 Å². The van der Waals surface area contributed by atoms with E-state index in [1.807, 2.05) is 0 Å². The maximum absolute atomic E-state index is 13.7.